The van der Waals surface area contributed by atoms with Crippen molar-refractivity contribution in [2.45, 2.75) is 65.2 Å². The number of nitrogens with zero attached hydrogens (tertiary/aromatic N) is 2. The summed E-state index contributed by atoms with van der Waals surface area (Å²) in [5, 5.41) is 13.7. The first kappa shape index (κ1) is 39.2. The first-order valence-corrected chi connectivity index (χ1v) is 17.5. The number of unbranched alkanes of at least 4 members (excludes halogenated alkanes) is 2. The lowest BCUT2D eigenvalue weighted by Gasteiger charge is -2.13. The molecule has 0 aliphatic heterocycles. The lowest BCUT2D eigenvalue weighted by molar-refractivity contribution is -0.117. The number of nitrogens with one attached hydrogen (secondary N) is 5. The van der Waals surface area contributed by atoms with Gasteiger partial charge in [-0.1, -0.05) is 31.9 Å². The Labute approximate surface area is 308 Å². The number of carbonyl (C=O) groups excluding carboxylic acids is 5. The third-order valence-electron chi connectivity index (χ3n) is 7.55. The van der Waals surface area contributed by atoms with Gasteiger partial charge in [0.25, 0.3) is 11.8 Å². The van der Waals surface area contributed by atoms with Gasteiger partial charge < -0.3 is 31.3 Å². The van der Waals surface area contributed by atoms with E-state index in [1.165, 1.54) is 18.2 Å². The molecule has 4 aromatic rings. The monoisotopic (exact) mass is 717 g/mol. The van der Waals surface area contributed by atoms with Gasteiger partial charge in [0, 0.05) is 41.6 Å². The van der Waals surface area contributed by atoms with Gasteiger partial charge in [0.1, 0.15) is 29.0 Å². The molecule has 53 heavy (non-hydrogen) atoms. The molecule has 5 amide bonds. The van der Waals surface area contributed by atoms with Crippen molar-refractivity contribution < 1.29 is 28.7 Å². The van der Waals surface area contributed by atoms with Crippen molar-refractivity contribution >= 4 is 58.5 Å². The molecule has 0 aliphatic rings. The van der Waals surface area contributed by atoms with Gasteiger partial charge >= 0.3 is 0 Å². The van der Waals surface area contributed by atoms with Crippen molar-refractivity contribution in [3.63, 3.8) is 0 Å². The molecule has 0 saturated carbocycles. The quantitative estimate of drug-likeness (QED) is 0.0538. The van der Waals surface area contributed by atoms with E-state index in [2.05, 4.69) is 42.5 Å². The van der Waals surface area contributed by atoms with Crippen molar-refractivity contribution in [1.82, 2.24) is 9.97 Å². The number of amides is 5. The van der Waals surface area contributed by atoms with E-state index < -0.39 is 11.8 Å². The van der Waals surface area contributed by atoms with Crippen molar-refractivity contribution in [3.05, 3.63) is 95.6 Å². The summed E-state index contributed by atoms with van der Waals surface area (Å²) >= 11 is 0. The fourth-order valence-electron chi connectivity index (χ4n) is 4.96. The fourth-order valence-corrected chi connectivity index (χ4v) is 4.96. The number of carbonyl (C=O) groups is 5. The predicted molar refractivity (Wildman–Crippen MR) is 205 cm³/mol. The number of hydrogen-bond donors (Lipinski definition) is 5. The summed E-state index contributed by atoms with van der Waals surface area (Å²) in [7, 11) is 0. The summed E-state index contributed by atoms with van der Waals surface area (Å²) in [5.41, 5.74) is 1.64. The third kappa shape index (κ3) is 13.3. The van der Waals surface area contributed by atoms with Crippen molar-refractivity contribution in [2.24, 2.45) is 0 Å². The number of terminal acetylenes is 1. The van der Waals surface area contributed by atoms with Gasteiger partial charge in [-0.25, -0.2) is 9.97 Å². The third-order valence-corrected chi connectivity index (χ3v) is 7.55. The lowest BCUT2D eigenvalue weighted by Crippen LogP contribution is -2.18. The molecular formula is C40H43N7O6. The van der Waals surface area contributed by atoms with Gasteiger partial charge in [0.05, 0.1) is 6.61 Å². The van der Waals surface area contributed by atoms with Crippen molar-refractivity contribution in [2.75, 3.05) is 33.2 Å². The molecule has 0 saturated heterocycles. The van der Waals surface area contributed by atoms with E-state index in [-0.39, 0.29) is 64.5 Å². The van der Waals surface area contributed by atoms with Crippen LogP contribution in [-0.4, -0.2) is 46.1 Å². The summed E-state index contributed by atoms with van der Waals surface area (Å²) in [5.74, 6) is 2.16. The second kappa shape index (κ2) is 20.3. The molecule has 0 fully saturated rings. The molecule has 0 atom stereocenters. The topological polar surface area (TPSA) is 181 Å². The molecule has 274 valence electrons. The van der Waals surface area contributed by atoms with Gasteiger partial charge in [0.2, 0.25) is 17.7 Å². The van der Waals surface area contributed by atoms with Crippen LogP contribution in [0.3, 0.4) is 0 Å². The SMILES string of the molecule is C#Cc1ccc(NC(=O)CCCCCOc2cc(C(=O)Nc3cccc(NC(=O)CCC)n3)cc(C(=O)Nc3cccc(NC(=O)CCC)n3)c2)cc1. The number of aromatic nitrogens is 2. The Morgan fingerprint density at radius 3 is 1.58 bits per heavy atom. The van der Waals surface area contributed by atoms with Crippen LogP contribution in [0.2, 0.25) is 0 Å². The summed E-state index contributed by atoms with van der Waals surface area (Å²) in [4.78, 5) is 72.0. The summed E-state index contributed by atoms with van der Waals surface area (Å²) in [6, 6.07) is 21.2. The first-order valence-electron chi connectivity index (χ1n) is 17.5. The largest absolute Gasteiger partial charge is 0.494 e. The standard InChI is InChI=1S/C40H43N7O6/c1-4-12-36(48)44-32-14-10-16-34(42-32)46-39(51)28-24-29(40(52)47-35-17-11-15-33(43-35)45-37(49)13-5-2)26-31(25-28)53-23-9-7-8-18-38(50)41-30-21-19-27(6-3)20-22-30/h3,10-11,14-17,19-22,24-26H,4-5,7-9,12-13,18,23H2,1-2H3,(H,41,50)(H2,42,44,46,48,51)(H2,43,45,47,49,52). The molecule has 2 aromatic heterocycles. The lowest BCUT2D eigenvalue weighted by atomic mass is 10.1. The van der Waals surface area contributed by atoms with Crippen LogP contribution < -0.4 is 31.3 Å². The van der Waals surface area contributed by atoms with Gasteiger partial charge in [-0.05, 0) is 98.8 Å². The van der Waals surface area contributed by atoms with E-state index >= 15 is 0 Å². The highest BCUT2D eigenvalue weighted by atomic mass is 16.5. The Morgan fingerprint density at radius 1 is 0.604 bits per heavy atom. The minimum absolute atomic E-state index is 0.111. The molecule has 2 heterocycles. The highest BCUT2D eigenvalue weighted by Gasteiger charge is 2.16. The Kier molecular flexibility index (Phi) is 15.1. The number of anilines is 5. The van der Waals surface area contributed by atoms with Crippen LogP contribution in [0.4, 0.5) is 29.0 Å². The number of benzene rings is 2. The van der Waals surface area contributed by atoms with E-state index in [9.17, 15) is 24.0 Å². The molecule has 0 radical (unpaired) electrons. The molecule has 13 nitrogen and oxygen atoms in total. The molecule has 0 bridgehead atoms. The first-order chi connectivity index (χ1) is 25.6. The van der Waals surface area contributed by atoms with Crippen LogP contribution in [0, 0.1) is 12.3 Å². The maximum atomic E-state index is 13.5. The Hall–Kier alpha value is -6.55. The normalized spacial score (nSPS) is 10.4. The zero-order valence-corrected chi connectivity index (χ0v) is 29.8. The fraction of sp³-hybridized carbons (Fsp3) is 0.275. The summed E-state index contributed by atoms with van der Waals surface area (Å²) in [6.45, 7) is 4.05. The molecule has 2 aromatic carbocycles. The second-order valence-electron chi connectivity index (χ2n) is 12.0. The number of rotatable bonds is 18. The van der Waals surface area contributed by atoms with Crippen LogP contribution in [0.1, 0.15) is 91.5 Å². The number of ether oxygens (including phenoxy) is 1. The van der Waals surface area contributed by atoms with Crippen LogP contribution in [0.25, 0.3) is 0 Å². The van der Waals surface area contributed by atoms with Gasteiger partial charge in [-0.15, -0.1) is 6.42 Å². The molecule has 13 heteroatoms. The Balaban J connectivity index is 1.42. The summed E-state index contributed by atoms with van der Waals surface area (Å²) in [6.07, 6.45) is 9.67. The zero-order chi connectivity index (χ0) is 38.0. The minimum atomic E-state index is -0.562. The summed E-state index contributed by atoms with van der Waals surface area (Å²) < 4.78 is 5.98. The Morgan fingerprint density at radius 2 is 1.09 bits per heavy atom. The second-order valence-corrected chi connectivity index (χ2v) is 12.0. The minimum Gasteiger partial charge on any atom is -0.494 e. The Bertz CT molecular complexity index is 1860. The molecule has 0 unspecified atom stereocenters. The van der Waals surface area contributed by atoms with Crippen molar-refractivity contribution in [1.29, 1.82) is 0 Å². The number of pyridine rings is 2. The maximum absolute atomic E-state index is 13.5. The van der Waals surface area contributed by atoms with Crippen LogP contribution in [0.15, 0.2) is 78.9 Å². The average Bonchev–Trinajstić information content (AvgIpc) is 3.13. The van der Waals surface area contributed by atoms with Gasteiger partial charge in [0.15, 0.2) is 0 Å². The van der Waals surface area contributed by atoms with E-state index in [0.29, 0.717) is 57.1 Å². The number of hydrogen-bond acceptors (Lipinski definition) is 8. The molecule has 5 N–H and O–H groups in total. The van der Waals surface area contributed by atoms with Crippen LogP contribution in [0.5, 0.6) is 5.75 Å². The van der Waals surface area contributed by atoms with Crippen molar-refractivity contribution in [3.8, 4) is 18.1 Å². The van der Waals surface area contributed by atoms with Gasteiger partial charge in [-0.2, -0.15) is 0 Å². The van der Waals surface area contributed by atoms with Crippen LogP contribution in [-0.2, 0) is 14.4 Å². The van der Waals surface area contributed by atoms with E-state index in [4.69, 9.17) is 11.2 Å². The molecular weight excluding hydrogens is 674 g/mol. The maximum Gasteiger partial charge on any atom is 0.256 e. The van der Waals surface area contributed by atoms with E-state index in [1.807, 2.05) is 13.8 Å². The van der Waals surface area contributed by atoms with E-state index in [0.717, 1.165) is 5.56 Å². The molecule has 4 rings (SSSR count). The highest BCUT2D eigenvalue weighted by molar-refractivity contribution is 6.09. The zero-order valence-electron chi connectivity index (χ0n) is 29.8. The highest BCUT2D eigenvalue weighted by Crippen LogP contribution is 2.22. The van der Waals surface area contributed by atoms with Crippen LogP contribution >= 0.6 is 0 Å². The average molecular weight is 718 g/mol. The molecule has 0 spiro atoms. The smallest absolute Gasteiger partial charge is 0.256 e. The van der Waals surface area contributed by atoms with Gasteiger partial charge in [-0.3, -0.25) is 24.0 Å². The predicted octanol–water partition coefficient (Wildman–Crippen LogP) is 7.02. The molecule has 0 aliphatic carbocycles. The van der Waals surface area contributed by atoms with E-state index in [1.54, 1.807) is 60.7 Å².